The number of ether oxygens (including phenoxy) is 1. The summed E-state index contributed by atoms with van der Waals surface area (Å²) in [6.07, 6.45) is 2.00. The topological polar surface area (TPSA) is 75.6 Å². The van der Waals surface area contributed by atoms with E-state index in [1.807, 2.05) is 20.8 Å². The van der Waals surface area contributed by atoms with Crippen LogP contribution in [-0.2, 0) is 16.1 Å². The fraction of sp³-hybridized carbons (Fsp3) is 0.417. The average Bonchev–Trinajstić information content (AvgIpc) is 3.53. The Morgan fingerprint density at radius 2 is 1.66 bits per heavy atom. The summed E-state index contributed by atoms with van der Waals surface area (Å²) < 4.78 is 5.96. The summed E-state index contributed by atoms with van der Waals surface area (Å²) in [5.74, 6) is -0.372. The van der Waals surface area contributed by atoms with Crippen LogP contribution < -0.4 is 5.32 Å². The summed E-state index contributed by atoms with van der Waals surface area (Å²) in [5, 5.41) is 12.0. The zero-order valence-electron chi connectivity index (χ0n) is 17.2. The number of aromatic carboxylic acids is 1. The number of hydrogen-bond donors (Lipinski definition) is 2. The van der Waals surface area contributed by atoms with Gasteiger partial charge in [-0.25, -0.2) is 4.79 Å². The summed E-state index contributed by atoms with van der Waals surface area (Å²) in [7, 11) is 0. The van der Waals surface area contributed by atoms with Gasteiger partial charge in [-0.05, 0) is 60.4 Å². The molecule has 0 heterocycles. The lowest BCUT2D eigenvalue weighted by Gasteiger charge is -2.23. The molecular formula is C24H29NO4. The maximum Gasteiger partial charge on any atom is 0.335 e. The second-order valence-corrected chi connectivity index (χ2v) is 8.15. The second kappa shape index (κ2) is 9.23. The van der Waals surface area contributed by atoms with Gasteiger partial charge in [0.2, 0.25) is 5.91 Å². The predicted molar refractivity (Wildman–Crippen MR) is 112 cm³/mol. The Labute approximate surface area is 172 Å². The highest BCUT2D eigenvalue weighted by Gasteiger charge is 2.25. The number of carbonyl (C=O) groups is 2. The number of hydrogen-bond acceptors (Lipinski definition) is 3. The van der Waals surface area contributed by atoms with Crippen molar-refractivity contribution in [3.8, 4) is 0 Å². The number of carboxylic acids is 1. The number of carbonyl (C=O) groups excluding carboxylic acids is 1. The smallest absolute Gasteiger partial charge is 0.335 e. The number of benzene rings is 2. The van der Waals surface area contributed by atoms with E-state index in [1.54, 1.807) is 24.3 Å². The van der Waals surface area contributed by atoms with E-state index >= 15 is 0 Å². The number of carboxylic acid groups (broad SMARTS) is 1. The zero-order valence-corrected chi connectivity index (χ0v) is 17.2. The van der Waals surface area contributed by atoms with Crippen molar-refractivity contribution >= 4 is 11.9 Å². The normalized spacial score (nSPS) is 15.7. The summed E-state index contributed by atoms with van der Waals surface area (Å²) in [5.41, 5.74) is 3.52. The van der Waals surface area contributed by atoms with Crippen LogP contribution in [-0.4, -0.2) is 23.1 Å². The van der Waals surface area contributed by atoms with E-state index in [-0.39, 0.29) is 23.4 Å². The van der Waals surface area contributed by atoms with Gasteiger partial charge in [0.05, 0.1) is 18.2 Å². The molecule has 2 aromatic rings. The Kier molecular flexibility index (Phi) is 6.70. The van der Waals surface area contributed by atoms with Crippen molar-refractivity contribution in [3.05, 3.63) is 70.8 Å². The van der Waals surface area contributed by atoms with E-state index in [1.165, 1.54) is 18.4 Å². The van der Waals surface area contributed by atoms with Crippen molar-refractivity contribution < 1.29 is 19.4 Å². The minimum Gasteiger partial charge on any atom is -0.478 e. The maximum atomic E-state index is 12.8. The van der Waals surface area contributed by atoms with Gasteiger partial charge in [0.1, 0.15) is 6.10 Å². The first-order valence-electron chi connectivity index (χ1n) is 10.2. The Morgan fingerprint density at radius 3 is 2.17 bits per heavy atom. The van der Waals surface area contributed by atoms with Crippen molar-refractivity contribution in [2.75, 3.05) is 0 Å². The summed E-state index contributed by atoms with van der Waals surface area (Å²) in [6.45, 7) is 6.20. The molecule has 2 N–H and O–H groups in total. The van der Waals surface area contributed by atoms with E-state index in [9.17, 15) is 9.59 Å². The maximum absolute atomic E-state index is 12.8. The molecule has 0 radical (unpaired) electrons. The van der Waals surface area contributed by atoms with Crippen molar-refractivity contribution in [3.63, 3.8) is 0 Å². The van der Waals surface area contributed by atoms with Gasteiger partial charge in [-0.2, -0.15) is 0 Å². The Bertz CT molecular complexity index is 838. The molecule has 1 saturated carbocycles. The van der Waals surface area contributed by atoms with Crippen molar-refractivity contribution in [2.24, 2.45) is 5.92 Å². The number of nitrogens with one attached hydrogen (secondary N) is 1. The molecule has 0 bridgehead atoms. The minimum atomic E-state index is -0.966. The largest absolute Gasteiger partial charge is 0.478 e. The zero-order chi connectivity index (χ0) is 21.0. The molecule has 3 rings (SSSR count). The van der Waals surface area contributed by atoms with Crippen LogP contribution in [0, 0.1) is 5.92 Å². The van der Waals surface area contributed by atoms with Gasteiger partial charge < -0.3 is 15.2 Å². The third-order valence-electron chi connectivity index (χ3n) is 5.34. The van der Waals surface area contributed by atoms with Gasteiger partial charge in [-0.15, -0.1) is 0 Å². The summed E-state index contributed by atoms with van der Waals surface area (Å²) in [6, 6.07) is 14.8. The minimum absolute atomic E-state index is 0.0299. The Hall–Kier alpha value is -2.66. The molecule has 154 valence electrons. The molecule has 29 heavy (non-hydrogen) atoms. The average molecular weight is 395 g/mol. The van der Waals surface area contributed by atoms with Crippen LogP contribution in [0.5, 0.6) is 0 Å². The first kappa shape index (κ1) is 21.1. The van der Waals surface area contributed by atoms with Gasteiger partial charge in [0.15, 0.2) is 0 Å². The molecule has 0 unspecified atom stereocenters. The molecule has 1 aliphatic carbocycles. The van der Waals surface area contributed by atoms with Gasteiger partial charge in [0.25, 0.3) is 0 Å². The SMILES string of the molecule is CC(C)[C@@H](OCc1ccc(C2CC2)cc1)C(=O)N[C@@H](C)c1ccc(C(=O)O)cc1. The molecule has 0 saturated heterocycles. The van der Waals surface area contributed by atoms with Crippen LogP contribution in [0.4, 0.5) is 0 Å². The molecule has 2 aromatic carbocycles. The van der Waals surface area contributed by atoms with Gasteiger partial charge in [-0.1, -0.05) is 50.2 Å². The molecule has 0 spiro atoms. The van der Waals surface area contributed by atoms with Crippen LogP contribution in [0.2, 0.25) is 0 Å². The van der Waals surface area contributed by atoms with Crippen molar-refractivity contribution in [1.82, 2.24) is 5.32 Å². The lowest BCUT2D eigenvalue weighted by molar-refractivity contribution is -0.137. The summed E-state index contributed by atoms with van der Waals surface area (Å²) in [4.78, 5) is 23.8. The number of amides is 1. The molecule has 0 aliphatic heterocycles. The number of rotatable bonds is 9. The van der Waals surface area contributed by atoms with Gasteiger partial charge in [-0.3, -0.25) is 4.79 Å². The summed E-state index contributed by atoms with van der Waals surface area (Å²) >= 11 is 0. The first-order valence-corrected chi connectivity index (χ1v) is 10.2. The van der Waals surface area contributed by atoms with E-state index in [2.05, 4.69) is 29.6 Å². The molecule has 0 aromatic heterocycles. The van der Waals surface area contributed by atoms with Gasteiger partial charge in [0, 0.05) is 0 Å². The van der Waals surface area contributed by atoms with Crippen molar-refractivity contribution in [1.29, 1.82) is 0 Å². The van der Waals surface area contributed by atoms with Crippen LogP contribution in [0.3, 0.4) is 0 Å². The molecule has 5 nitrogen and oxygen atoms in total. The lowest BCUT2D eigenvalue weighted by Crippen LogP contribution is -2.40. The fourth-order valence-corrected chi connectivity index (χ4v) is 3.35. The Balaban J connectivity index is 1.57. The first-order chi connectivity index (χ1) is 13.8. The van der Waals surface area contributed by atoms with E-state index < -0.39 is 12.1 Å². The standard InChI is InChI=1S/C24H29NO4/c1-15(2)22(29-14-17-4-6-19(7-5-17)20-10-11-20)23(26)25-16(3)18-8-12-21(13-9-18)24(27)28/h4-9,12-13,15-16,20,22H,10-11,14H2,1-3H3,(H,25,26)(H,27,28)/t16-,22+/m0/s1. The predicted octanol–water partition coefficient (Wildman–Crippen LogP) is 4.68. The molecular weight excluding hydrogens is 366 g/mol. The quantitative estimate of drug-likeness (QED) is 0.646. The molecule has 1 aliphatic rings. The highest BCUT2D eigenvalue weighted by molar-refractivity contribution is 5.87. The van der Waals surface area contributed by atoms with Crippen molar-refractivity contribution in [2.45, 2.75) is 58.3 Å². The highest BCUT2D eigenvalue weighted by atomic mass is 16.5. The van der Waals surface area contributed by atoms with E-state index in [4.69, 9.17) is 9.84 Å². The molecule has 1 amide bonds. The monoisotopic (exact) mass is 395 g/mol. The van der Waals surface area contributed by atoms with E-state index in [0.29, 0.717) is 6.61 Å². The molecule has 5 heteroatoms. The van der Waals surface area contributed by atoms with Crippen LogP contribution in [0.25, 0.3) is 0 Å². The van der Waals surface area contributed by atoms with Crippen LogP contribution in [0.15, 0.2) is 48.5 Å². The highest BCUT2D eigenvalue weighted by Crippen LogP contribution is 2.39. The van der Waals surface area contributed by atoms with E-state index in [0.717, 1.165) is 17.0 Å². The second-order valence-electron chi connectivity index (χ2n) is 8.15. The van der Waals surface area contributed by atoms with Crippen LogP contribution >= 0.6 is 0 Å². The van der Waals surface area contributed by atoms with Crippen LogP contribution in [0.1, 0.15) is 72.6 Å². The third kappa shape index (κ3) is 5.67. The molecule has 2 atom stereocenters. The van der Waals surface area contributed by atoms with Gasteiger partial charge >= 0.3 is 5.97 Å². The molecule has 1 fully saturated rings. The third-order valence-corrected chi connectivity index (χ3v) is 5.34. The lowest BCUT2D eigenvalue weighted by atomic mass is 10.0. The Morgan fingerprint density at radius 1 is 1.03 bits per heavy atom. The fourth-order valence-electron chi connectivity index (χ4n) is 3.35.